The zero-order chi connectivity index (χ0) is 15.5. The summed E-state index contributed by atoms with van der Waals surface area (Å²) in [6.45, 7) is 2.38. The van der Waals surface area contributed by atoms with Crippen LogP contribution in [0.4, 0.5) is 0 Å². The van der Waals surface area contributed by atoms with E-state index in [2.05, 4.69) is 0 Å². The molecule has 1 heterocycles. The molecular weight excluding hydrogens is 268 g/mol. The maximum atomic E-state index is 11.5. The van der Waals surface area contributed by atoms with Crippen molar-refractivity contribution in [2.75, 3.05) is 26.2 Å². The molecule has 8 nitrogen and oxygen atoms in total. The summed E-state index contributed by atoms with van der Waals surface area (Å²) in [5.41, 5.74) is 5.33. The van der Waals surface area contributed by atoms with Crippen LogP contribution in [0.3, 0.4) is 0 Å². The van der Waals surface area contributed by atoms with E-state index < -0.39 is 11.9 Å². The molecule has 20 heavy (non-hydrogen) atoms. The van der Waals surface area contributed by atoms with Gasteiger partial charge in [-0.2, -0.15) is 0 Å². The molecule has 0 unspecified atom stereocenters. The van der Waals surface area contributed by atoms with Crippen molar-refractivity contribution in [3.63, 3.8) is 0 Å². The first-order valence-electron chi connectivity index (χ1n) is 6.47. The Labute approximate surface area is 117 Å². The number of piperidine rings is 1. The molecular formula is C12H22N2O6. The van der Waals surface area contributed by atoms with E-state index in [1.807, 2.05) is 4.90 Å². The molecule has 5 N–H and O–H groups in total. The van der Waals surface area contributed by atoms with E-state index in [4.69, 9.17) is 30.6 Å². The topological polar surface area (TPSA) is 141 Å². The SMILES string of the molecule is NCCC(=O)N1CCC(CCO)CC1.O=C(O)C(=O)O. The summed E-state index contributed by atoms with van der Waals surface area (Å²) in [5, 5.41) is 23.6. The molecule has 1 aliphatic rings. The first-order valence-corrected chi connectivity index (χ1v) is 6.47. The third kappa shape index (κ3) is 7.70. The molecule has 0 aliphatic carbocycles. The summed E-state index contributed by atoms with van der Waals surface area (Å²) >= 11 is 0. The Balaban J connectivity index is 0.000000511. The highest BCUT2D eigenvalue weighted by Crippen LogP contribution is 2.20. The Hall–Kier alpha value is -1.67. The summed E-state index contributed by atoms with van der Waals surface area (Å²) in [4.78, 5) is 31.5. The first-order chi connectivity index (χ1) is 9.42. The molecule has 0 saturated carbocycles. The normalized spacial score (nSPS) is 15.2. The van der Waals surface area contributed by atoms with Gasteiger partial charge in [-0.05, 0) is 25.2 Å². The summed E-state index contributed by atoms with van der Waals surface area (Å²) in [6, 6.07) is 0. The lowest BCUT2D eigenvalue weighted by atomic mass is 9.94. The number of carbonyl (C=O) groups is 3. The van der Waals surface area contributed by atoms with Crippen molar-refractivity contribution in [1.29, 1.82) is 0 Å². The van der Waals surface area contributed by atoms with Crippen LogP contribution in [0.1, 0.15) is 25.7 Å². The third-order valence-corrected chi connectivity index (χ3v) is 3.05. The predicted octanol–water partition coefficient (Wildman–Crippen LogP) is -0.888. The monoisotopic (exact) mass is 290 g/mol. The largest absolute Gasteiger partial charge is 0.473 e. The van der Waals surface area contributed by atoms with Gasteiger partial charge in [-0.3, -0.25) is 4.79 Å². The van der Waals surface area contributed by atoms with E-state index in [9.17, 15) is 4.79 Å². The molecule has 0 aromatic carbocycles. The second kappa shape index (κ2) is 10.2. The van der Waals surface area contributed by atoms with Crippen molar-refractivity contribution in [3.8, 4) is 0 Å². The minimum atomic E-state index is -1.82. The maximum absolute atomic E-state index is 11.5. The summed E-state index contributed by atoms with van der Waals surface area (Å²) in [6.07, 6.45) is 3.39. The second-order valence-corrected chi connectivity index (χ2v) is 4.49. The van der Waals surface area contributed by atoms with E-state index in [0.717, 1.165) is 32.4 Å². The fraction of sp³-hybridized carbons (Fsp3) is 0.750. The number of hydrogen-bond donors (Lipinski definition) is 4. The Bertz CT molecular complexity index is 314. The molecule has 0 atom stereocenters. The second-order valence-electron chi connectivity index (χ2n) is 4.49. The van der Waals surface area contributed by atoms with Gasteiger partial charge < -0.3 is 26.0 Å². The van der Waals surface area contributed by atoms with Gasteiger partial charge in [0.1, 0.15) is 0 Å². The zero-order valence-electron chi connectivity index (χ0n) is 11.3. The van der Waals surface area contributed by atoms with Crippen LogP contribution in [-0.2, 0) is 14.4 Å². The fourth-order valence-electron chi connectivity index (χ4n) is 1.94. The standard InChI is InChI=1S/C10H20N2O2.C2H2O4/c11-5-1-10(14)12-6-2-9(3-7-12)4-8-13;3-1(4)2(5)6/h9,13H,1-8,11H2;(H,3,4)(H,5,6). The first kappa shape index (κ1) is 18.3. The van der Waals surface area contributed by atoms with E-state index in [-0.39, 0.29) is 12.5 Å². The number of carboxylic acids is 2. The average molecular weight is 290 g/mol. The van der Waals surface area contributed by atoms with Crippen molar-refractivity contribution in [2.45, 2.75) is 25.7 Å². The minimum Gasteiger partial charge on any atom is -0.473 e. The molecule has 1 aliphatic heterocycles. The molecule has 1 saturated heterocycles. The Morgan fingerprint density at radius 3 is 1.95 bits per heavy atom. The van der Waals surface area contributed by atoms with Gasteiger partial charge in [-0.15, -0.1) is 0 Å². The van der Waals surface area contributed by atoms with Crippen molar-refractivity contribution >= 4 is 17.8 Å². The quantitative estimate of drug-likeness (QED) is 0.492. The summed E-state index contributed by atoms with van der Waals surface area (Å²) < 4.78 is 0. The van der Waals surface area contributed by atoms with Crippen LogP contribution >= 0.6 is 0 Å². The smallest absolute Gasteiger partial charge is 0.414 e. The number of amides is 1. The molecule has 1 fully saturated rings. The lowest BCUT2D eigenvalue weighted by Gasteiger charge is -2.31. The van der Waals surface area contributed by atoms with Gasteiger partial charge in [0.05, 0.1) is 0 Å². The average Bonchev–Trinajstić information content (AvgIpc) is 2.41. The lowest BCUT2D eigenvalue weighted by molar-refractivity contribution is -0.159. The van der Waals surface area contributed by atoms with E-state index in [1.165, 1.54) is 0 Å². The number of nitrogens with two attached hydrogens (primary N) is 1. The Morgan fingerprint density at radius 1 is 1.10 bits per heavy atom. The van der Waals surface area contributed by atoms with Crippen LogP contribution in [-0.4, -0.2) is 64.3 Å². The Morgan fingerprint density at radius 2 is 1.60 bits per heavy atom. The van der Waals surface area contributed by atoms with Crippen molar-refractivity contribution < 1.29 is 29.7 Å². The highest BCUT2D eigenvalue weighted by molar-refractivity contribution is 6.27. The molecule has 1 amide bonds. The zero-order valence-corrected chi connectivity index (χ0v) is 11.3. The summed E-state index contributed by atoms with van der Waals surface area (Å²) in [5.74, 6) is -2.87. The van der Waals surface area contributed by atoms with Gasteiger partial charge in [0.25, 0.3) is 0 Å². The van der Waals surface area contributed by atoms with Crippen molar-refractivity contribution in [2.24, 2.45) is 11.7 Å². The van der Waals surface area contributed by atoms with Crippen LogP contribution in [0, 0.1) is 5.92 Å². The number of likely N-dealkylation sites (tertiary alicyclic amines) is 1. The number of aliphatic hydroxyl groups is 1. The van der Waals surface area contributed by atoms with E-state index in [1.54, 1.807) is 0 Å². The highest BCUT2D eigenvalue weighted by Gasteiger charge is 2.21. The van der Waals surface area contributed by atoms with Gasteiger partial charge in [-0.25, -0.2) is 9.59 Å². The molecule has 116 valence electrons. The van der Waals surface area contributed by atoms with Gasteiger partial charge in [-0.1, -0.05) is 0 Å². The van der Waals surface area contributed by atoms with Gasteiger partial charge in [0.2, 0.25) is 5.91 Å². The Kier molecular flexibility index (Phi) is 9.31. The van der Waals surface area contributed by atoms with Crippen LogP contribution in [0.15, 0.2) is 0 Å². The van der Waals surface area contributed by atoms with E-state index in [0.29, 0.717) is 18.9 Å². The van der Waals surface area contributed by atoms with Crippen LogP contribution in [0.2, 0.25) is 0 Å². The molecule has 1 rings (SSSR count). The fourth-order valence-corrected chi connectivity index (χ4v) is 1.94. The van der Waals surface area contributed by atoms with Gasteiger partial charge in [0.15, 0.2) is 0 Å². The molecule has 0 bridgehead atoms. The highest BCUT2D eigenvalue weighted by atomic mass is 16.4. The number of carbonyl (C=O) groups excluding carboxylic acids is 1. The van der Waals surface area contributed by atoms with Crippen molar-refractivity contribution in [1.82, 2.24) is 4.90 Å². The lowest BCUT2D eigenvalue weighted by Crippen LogP contribution is -2.39. The molecule has 0 spiro atoms. The number of hydrogen-bond acceptors (Lipinski definition) is 5. The minimum absolute atomic E-state index is 0.176. The number of aliphatic carboxylic acids is 2. The van der Waals surface area contributed by atoms with Crippen LogP contribution in [0.25, 0.3) is 0 Å². The number of carboxylic acid groups (broad SMARTS) is 2. The maximum Gasteiger partial charge on any atom is 0.414 e. The molecule has 0 aromatic rings. The predicted molar refractivity (Wildman–Crippen MR) is 69.9 cm³/mol. The number of aliphatic hydroxyl groups excluding tert-OH is 1. The van der Waals surface area contributed by atoms with Crippen molar-refractivity contribution in [3.05, 3.63) is 0 Å². The third-order valence-electron chi connectivity index (χ3n) is 3.05. The van der Waals surface area contributed by atoms with Crippen LogP contribution in [0.5, 0.6) is 0 Å². The van der Waals surface area contributed by atoms with Gasteiger partial charge >= 0.3 is 11.9 Å². The summed E-state index contributed by atoms with van der Waals surface area (Å²) in [7, 11) is 0. The van der Waals surface area contributed by atoms with Gasteiger partial charge in [0, 0.05) is 32.7 Å². The molecule has 0 aromatic heterocycles. The van der Waals surface area contributed by atoms with Crippen LogP contribution < -0.4 is 5.73 Å². The van der Waals surface area contributed by atoms with E-state index >= 15 is 0 Å². The number of rotatable bonds is 4. The molecule has 8 heteroatoms. The molecule has 0 radical (unpaired) electrons. The number of nitrogens with zero attached hydrogens (tertiary/aromatic N) is 1.